The van der Waals surface area contributed by atoms with E-state index < -0.39 is 0 Å². The van der Waals surface area contributed by atoms with Crippen molar-refractivity contribution in [3.63, 3.8) is 0 Å². The van der Waals surface area contributed by atoms with Crippen molar-refractivity contribution in [2.75, 3.05) is 0 Å². The second-order valence-electron chi connectivity index (χ2n) is 5.95. The van der Waals surface area contributed by atoms with E-state index in [1.54, 1.807) is 5.57 Å². The molecule has 130 valence electrons. The highest BCUT2D eigenvalue weighted by atomic mass is 14.2. The minimum atomic E-state index is 0.678. The summed E-state index contributed by atoms with van der Waals surface area (Å²) in [4.78, 5) is 0. The van der Waals surface area contributed by atoms with Gasteiger partial charge >= 0.3 is 0 Å². The van der Waals surface area contributed by atoms with Gasteiger partial charge in [0.2, 0.25) is 0 Å². The van der Waals surface area contributed by atoms with Gasteiger partial charge in [0.15, 0.2) is 0 Å². The highest BCUT2D eigenvalue weighted by Crippen LogP contribution is 2.25. The normalized spacial score (nSPS) is 13.6. The van der Waals surface area contributed by atoms with Crippen LogP contribution in [0.4, 0.5) is 0 Å². The second-order valence-corrected chi connectivity index (χ2v) is 5.95. The van der Waals surface area contributed by atoms with Crippen LogP contribution < -0.4 is 0 Å². The molecule has 0 aliphatic rings. The Bertz CT molecular complexity index is 300. The molecular weight excluding hydrogens is 264 g/mol. The van der Waals surface area contributed by atoms with E-state index in [-0.39, 0.29) is 0 Å². The smallest absolute Gasteiger partial charge is 0.0165 e. The number of hydrogen-bond acceptors (Lipinski definition) is 0. The summed E-state index contributed by atoms with van der Waals surface area (Å²) in [5.41, 5.74) is 2.96. The highest BCUT2D eigenvalue weighted by molar-refractivity contribution is 5.27. The quantitative estimate of drug-likeness (QED) is 0.338. The summed E-state index contributed by atoms with van der Waals surface area (Å²) in [5, 5.41) is 0. The molecule has 0 N–H and O–H groups in total. The summed E-state index contributed by atoms with van der Waals surface area (Å²) >= 11 is 0. The molecule has 0 aromatic carbocycles. The lowest BCUT2D eigenvalue weighted by atomic mass is 9.88. The third-order valence-corrected chi connectivity index (χ3v) is 4.29. The van der Waals surface area contributed by atoms with E-state index in [2.05, 4.69) is 59.4 Å². The summed E-state index contributed by atoms with van der Waals surface area (Å²) in [6.45, 7) is 19.4. The zero-order chi connectivity index (χ0) is 17.4. The lowest BCUT2D eigenvalue weighted by molar-refractivity contribution is 0.503. The Labute approximate surface area is 141 Å². The van der Waals surface area contributed by atoms with Crippen LogP contribution in [0.3, 0.4) is 0 Å². The van der Waals surface area contributed by atoms with Gasteiger partial charge in [-0.2, -0.15) is 0 Å². The fourth-order valence-electron chi connectivity index (χ4n) is 2.99. The first-order valence-corrected chi connectivity index (χ1v) is 9.65. The number of hydrogen-bond donors (Lipinski definition) is 0. The molecule has 0 saturated carbocycles. The Hall–Kier alpha value is -0.780. The van der Waals surface area contributed by atoms with Crippen molar-refractivity contribution in [1.29, 1.82) is 0 Å². The topological polar surface area (TPSA) is 0 Å². The molecule has 0 radical (unpaired) electrons. The Morgan fingerprint density at radius 3 is 1.64 bits per heavy atom. The van der Waals surface area contributed by atoms with E-state index in [0.29, 0.717) is 5.92 Å². The molecule has 0 fully saturated rings. The monoisotopic (exact) mass is 306 g/mol. The van der Waals surface area contributed by atoms with Gasteiger partial charge < -0.3 is 0 Å². The van der Waals surface area contributed by atoms with Crippen LogP contribution in [0, 0.1) is 11.8 Å². The molecule has 0 nitrogen and oxygen atoms in total. The van der Waals surface area contributed by atoms with E-state index in [1.165, 1.54) is 50.5 Å². The first-order valence-electron chi connectivity index (χ1n) is 9.65. The van der Waals surface area contributed by atoms with Crippen molar-refractivity contribution in [1.82, 2.24) is 0 Å². The second kappa shape index (κ2) is 16.6. The molecule has 0 aliphatic heterocycles. The van der Waals surface area contributed by atoms with Gasteiger partial charge in [-0.25, -0.2) is 0 Å². The first-order chi connectivity index (χ1) is 10.6. The Morgan fingerprint density at radius 1 is 0.818 bits per heavy atom. The predicted molar refractivity (Wildman–Crippen MR) is 105 cm³/mol. The lowest BCUT2D eigenvalue weighted by Crippen LogP contribution is -2.02. The Morgan fingerprint density at radius 2 is 1.27 bits per heavy atom. The molecule has 0 heterocycles. The molecule has 0 amide bonds. The van der Waals surface area contributed by atoms with Crippen LogP contribution in [0.25, 0.3) is 0 Å². The summed E-state index contributed by atoms with van der Waals surface area (Å²) in [6, 6.07) is 0. The molecule has 1 unspecified atom stereocenters. The fourth-order valence-corrected chi connectivity index (χ4v) is 2.99. The number of rotatable bonds is 11. The van der Waals surface area contributed by atoms with E-state index in [1.807, 2.05) is 13.8 Å². The molecule has 0 spiro atoms. The number of allylic oxidation sites excluding steroid dienone is 5. The SMILES string of the molecule is C=C/C(=C\C=C(/C)C(CCC)CCC)C(CC)CCC.CC. The minimum absolute atomic E-state index is 0.678. The van der Waals surface area contributed by atoms with Crippen molar-refractivity contribution >= 4 is 0 Å². The largest absolute Gasteiger partial charge is 0.0988 e. The Kier molecular flexibility index (Phi) is 17.7. The van der Waals surface area contributed by atoms with Crippen molar-refractivity contribution < 1.29 is 0 Å². The van der Waals surface area contributed by atoms with Crippen molar-refractivity contribution in [3.8, 4) is 0 Å². The lowest BCUT2D eigenvalue weighted by Gasteiger charge is -2.17. The van der Waals surface area contributed by atoms with E-state index >= 15 is 0 Å². The van der Waals surface area contributed by atoms with E-state index in [0.717, 1.165) is 5.92 Å². The van der Waals surface area contributed by atoms with Gasteiger partial charge in [0.1, 0.15) is 0 Å². The van der Waals surface area contributed by atoms with Gasteiger partial charge in [-0.15, -0.1) is 0 Å². The zero-order valence-electron chi connectivity index (χ0n) is 16.5. The maximum absolute atomic E-state index is 4.01. The van der Waals surface area contributed by atoms with Gasteiger partial charge in [-0.05, 0) is 50.0 Å². The van der Waals surface area contributed by atoms with Gasteiger partial charge in [-0.1, -0.05) is 91.2 Å². The minimum Gasteiger partial charge on any atom is -0.0988 e. The molecule has 1 atom stereocenters. The molecular formula is C22H42. The predicted octanol–water partition coefficient (Wildman–Crippen LogP) is 8.11. The molecule has 0 saturated heterocycles. The molecule has 0 heteroatoms. The van der Waals surface area contributed by atoms with E-state index in [4.69, 9.17) is 0 Å². The molecule has 0 rings (SSSR count). The van der Waals surface area contributed by atoms with Crippen LogP contribution in [-0.2, 0) is 0 Å². The average Bonchev–Trinajstić information content (AvgIpc) is 2.55. The van der Waals surface area contributed by atoms with Crippen molar-refractivity contribution in [3.05, 3.63) is 36.0 Å². The first kappa shape index (κ1) is 23.5. The van der Waals surface area contributed by atoms with Crippen molar-refractivity contribution in [2.45, 2.75) is 93.4 Å². The third-order valence-electron chi connectivity index (χ3n) is 4.29. The van der Waals surface area contributed by atoms with Crippen LogP contribution in [0.5, 0.6) is 0 Å². The van der Waals surface area contributed by atoms with Crippen LogP contribution >= 0.6 is 0 Å². The van der Waals surface area contributed by atoms with Gasteiger partial charge in [-0.3, -0.25) is 0 Å². The molecule has 0 aromatic rings. The van der Waals surface area contributed by atoms with Crippen LogP contribution in [0.15, 0.2) is 36.0 Å². The third kappa shape index (κ3) is 10.0. The highest BCUT2D eigenvalue weighted by Gasteiger charge is 2.10. The molecule has 0 bridgehead atoms. The standard InChI is InChI=1S/C20H36.C2H6/c1-7-12-18(10-4)19(11-5)16-15-17(6)20(13-8-2)14-9-3;1-2/h11,15-16,18,20H,5,7-10,12-14H2,1-4,6H3;1-2H3/b17-15+,19-16+;. The fraction of sp³-hybridized carbons (Fsp3) is 0.727. The van der Waals surface area contributed by atoms with Crippen molar-refractivity contribution in [2.24, 2.45) is 11.8 Å². The summed E-state index contributed by atoms with van der Waals surface area (Å²) in [5.74, 6) is 1.44. The maximum Gasteiger partial charge on any atom is -0.0165 e. The summed E-state index contributed by atoms with van der Waals surface area (Å²) in [6.07, 6.45) is 15.7. The average molecular weight is 307 g/mol. The maximum atomic E-state index is 4.01. The summed E-state index contributed by atoms with van der Waals surface area (Å²) in [7, 11) is 0. The van der Waals surface area contributed by atoms with Crippen LogP contribution in [0.2, 0.25) is 0 Å². The van der Waals surface area contributed by atoms with Gasteiger partial charge in [0.25, 0.3) is 0 Å². The van der Waals surface area contributed by atoms with Crippen LogP contribution in [-0.4, -0.2) is 0 Å². The summed E-state index contributed by atoms with van der Waals surface area (Å²) < 4.78 is 0. The molecule has 0 aromatic heterocycles. The molecule has 22 heavy (non-hydrogen) atoms. The van der Waals surface area contributed by atoms with E-state index in [9.17, 15) is 0 Å². The van der Waals surface area contributed by atoms with Gasteiger partial charge in [0, 0.05) is 0 Å². The van der Waals surface area contributed by atoms with Gasteiger partial charge in [0.05, 0.1) is 0 Å². The zero-order valence-corrected chi connectivity index (χ0v) is 16.5. The Balaban J connectivity index is 0. The molecule has 0 aliphatic carbocycles. The van der Waals surface area contributed by atoms with Crippen LogP contribution in [0.1, 0.15) is 93.4 Å².